The number of ether oxygens (including phenoxy) is 1. The number of piperazine rings is 1. The Morgan fingerprint density at radius 2 is 1.82 bits per heavy atom. The third-order valence-electron chi connectivity index (χ3n) is 5.46. The maximum absolute atomic E-state index is 5.47. The fraction of sp³-hybridized carbons (Fsp3) is 0.273. The molecule has 1 aromatic heterocycles. The zero-order chi connectivity index (χ0) is 19.1. The maximum atomic E-state index is 5.47. The van der Waals surface area contributed by atoms with E-state index in [0.29, 0.717) is 0 Å². The van der Waals surface area contributed by atoms with Crippen molar-refractivity contribution < 1.29 is 9.57 Å². The largest absolute Gasteiger partial charge is 0.497 e. The number of hydrogen-bond acceptors (Lipinski definition) is 6. The monoisotopic (exact) mass is 374 g/mol. The summed E-state index contributed by atoms with van der Waals surface area (Å²) in [5, 5.41) is 8.93. The molecule has 0 saturated carbocycles. The summed E-state index contributed by atoms with van der Waals surface area (Å²) < 4.78 is 5.47. The van der Waals surface area contributed by atoms with E-state index in [-0.39, 0.29) is 0 Å². The molecule has 1 aliphatic heterocycles. The van der Waals surface area contributed by atoms with Crippen molar-refractivity contribution in [1.29, 1.82) is 0 Å². The van der Waals surface area contributed by atoms with E-state index in [0.717, 1.165) is 76.6 Å². The van der Waals surface area contributed by atoms with Gasteiger partial charge < -0.3 is 19.8 Å². The number of nitrogens with one attached hydrogen (secondary N) is 1. The van der Waals surface area contributed by atoms with Gasteiger partial charge in [-0.3, -0.25) is 0 Å². The first-order chi connectivity index (χ1) is 13.8. The second-order valence-corrected chi connectivity index (χ2v) is 6.97. The number of fused-ring (bicyclic) bond motifs is 5. The van der Waals surface area contributed by atoms with Crippen LogP contribution in [0.5, 0.6) is 5.75 Å². The predicted octanol–water partition coefficient (Wildman–Crippen LogP) is 3.03. The summed E-state index contributed by atoms with van der Waals surface area (Å²) in [4.78, 5) is 12.7. The van der Waals surface area contributed by atoms with Gasteiger partial charge in [0.1, 0.15) is 24.4 Å². The van der Waals surface area contributed by atoms with E-state index in [9.17, 15) is 0 Å². The van der Waals surface area contributed by atoms with Crippen molar-refractivity contribution in [2.45, 2.75) is 0 Å². The Hall–Kier alpha value is -3.12. The number of nitrogens with zero attached hydrogens (tertiary/aromatic N) is 3. The van der Waals surface area contributed by atoms with Crippen LogP contribution in [0.25, 0.3) is 22.0 Å². The van der Waals surface area contributed by atoms with Gasteiger partial charge in [0.2, 0.25) is 0 Å². The van der Waals surface area contributed by atoms with Crippen molar-refractivity contribution in [2.75, 3.05) is 45.3 Å². The van der Waals surface area contributed by atoms with Gasteiger partial charge in [-0.1, -0.05) is 23.4 Å². The topological polar surface area (TPSA) is 59.0 Å². The smallest absolute Gasteiger partial charge is 0.137 e. The molecule has 0 bridgehead atoms. The number of para-hydroxylation sites is 1. The molecule has 28 heavy (non-hydrogen) atoms. The zero-order valence-electron chi connectivity index (χ0n) is 16.0. The Labute approximate surface area is 163 Å². The molecule has 1 saturated heterocycles. The molecule has 2 heterocycles. The summed E-state index contributed by atoms with van der Waals surface area (Å²) in [6, 6.07) is 14.4. The van der Waals surface area contributed by atoms with Crippen LogP contribution in [0.4, 0.5) is 5.82 Å². The lowest BCUT2D eigenvalue weighted by Crippen LogP contribution is -2.44. The highest BCUT2D eigenvalue weighted by Gasteiger charge is 2.33. The molecule has 1 fully saturated rings. The van der Waals surface area contributed by atoms with Crippen LogP contribution >= 0.6 is 0 Å². The lowest BCUT2D eigenvalue weighted by Gasteiger charge is -2.30. The van der Waals surface area contributed by atoms with Gasteiger partial charge >= 0.3 is 0 Å². The van der Waals surface area contributed by atoms with Crippen LogP contribution in [-0.4, -0.2) is 51.1 Å². The van der Waals surface area contributed by atoms with E-state index in [1.807, 2.05) is 24.3 Å². The average Bonchev–Trinajstić information content (AvgIpc) is 3.08. The molecule has 6 nitrogen and oxygen atoms in total. The Balaban J connectivity index is 1.86. The highest BCUT2D eigenvalue weighted by molar-refractivity contribution is 6.30. The maximum Gasteiger partial charge on any atom is 0.137 e. The molecule has 2 aromatic carbocycles. The highest BCUT2D eigenvalue weighted by Crippen LogP contribution is 2.46. The van der Waals surface area contributed by atoms with Gasteiger partial charge in [-0.25, -0.2) is 4.98 Å². The number of pyridine rings is 1. The minimum Gasteiger partial charge on any atom is -0.497 e. The fourth-order valence-corrected chi connectivity index (χ4v) is 4.19. The summed E-state index contributed by atoms with van der Waals surface area (Å²) >= 11 is 0. The Bertz CT molecular complexity index is 1090. The molecular weight excluding hydrogens is 352 g/mol. The van der Waals surface area contributed by atoms with Crippen molar-refractivity contribution in [3.05, 3.63) is 53.6 Å². The molecule has 3 aromatic rings. The molecular formula is C22H22N4O2. The van der Waals surface area contributed by atoms with E-state index in [1.54, 1.807) is 14.2 Å². The Kier molecular flexibility index (Phi) is 4.13. The summed E-state index contributed by atoms with van der Waals surface area (Å²) in [6.45, 7) is 3.77. The second kappa shape index (κ2) is 6.80. The molecule has 0 amide bonds. The molecule has 1 N–H and O–H groups in total. The van der Waals surface area contributed by atoms with Crippen LogP contribution in [0.3, 0.4) is 0 Å². The SMILES string of the molecule is CO/N=C1\c2cc(OC)ccc2-c2c(N3CCNCC3)nc3ccccc3c21. The third kappa shape index (κ3) is 2.52. The van der Waals surface area contributed by atoms with Gasteiger partial charge in [0, 0.05) is 48.3 Å². The van der Waals surface area contributed by atoms with Crippen molar-refractivity contribution >= 4 is 22.4 Å². The molecule has 0 radical (unpaired) electrons. The quantitative estimate of drug-likeness (QED) is 0.559. The first kappa shape index (κ1) is 17.0. The number of hydrogen-bond donors (Lipinski definition) is 1. The first-order valence-corrected chi connectivity index (χ1v) is 9.50. The van der Waals surface area contributed by atoms with E-state index in [1.165, 1.54) is 0 Å². The standard InChI is InChI=1S/C22H22N4O2/c1-27-14-7-8-15-17(13-14)21(25-28-2)19-16-5-3-4-6-18(16)24-22(20(15)19)26-11-9-23-10-12-26/h3-8,13,23H,9-12H2,1-2H3/b25-21+. The number of benzene rings is 2. The van der Waals surface area contributed by atoms with Gasteiger partial charge in [0.15, 0.2) is 0 Å². The van der Waals surface area contributed by atoms with Gasteiger partial charge in [0.25, 0.3) is 0 Å². The van der Waals surface area contributed by atoms with E-state index < -0.39 is 0 Å². The van der Waals surface area contributed by atoms with E-state index in [2.05, 4.69) is 33.6 Å². The van der Waals surface area contributed by atoms with E-state index in [4.69, 9.17) is 14.6 Å². The van der Waals surface area contributed by atoms with Gasteiger partial charge in [-0.15, -0.1) is 0 Å². The van der Waals surface area contributed by atoms with Crippen molar-refractivity contribution in [3.8, 4) is 16.9 Å². The first-order valence-electron chi connectivity index (χ1n) is 9.50. The molecule has 0 atom stereocenters. The number of anilines is 1. The second-order valence-electron chi connectivity index (χ2n) is 6.97. The molecule has 0 unspecified atom stereocenters. The molecule has 1 aliphatic carbocycles. The molecule has 0 spiro atoms. The van der Waals surface area contributed by atoms with Crippen molar-refractivity contribution in [1.82, 2.24) is 10.3 Å². The highest BCUT2D eigenvalue weighted by atomic mass is 16.6. The van der Waals surface area contributed by atoms with Crippen LogP contribution in [-0.2, 0) is 4.84 Å². The van der Waals surface area contributed by atoms with E-state index >= 15 is 0 Å². The number of rotatable bonds is 3. The van der Waals surface area contributed by atoms with Crippen LogP contribution in [0.1, 0.15) is 11.1 Å². The minimum absolute atomic E-state index is 0.802. The summed E-state index contributed by atoms with van der Waals surface area (Å²) in [7, 11) is 3.27. The zero-order valence-corrected chi connectivity index (χ0v) is 16.0. The lowest BCUT2D eigenvalue weighted by atomic mass is 10.0. The average molecular weight is 374 g/mol. The van der Waals surface area contributed by atoms with Crippen LogP contribution in [0.15, 0.2) is 47.6 Å². The molecule has 6 heteroatoms. The predicted molar refractivity (Wildman–Crippen MR) is 111 cm³/mol. The normalized spacial score (nSPS) is 16.9. The summed E-state index contributed by atoms with van der Waals surface area (Å²) in [5.41, 5.74) is 6.17. The number of methoxy groups -OCH3 is 1. The molecule has 5 rings (SSSR count). The van der Waals surface area contributed by atoms with Crippen LogP contribution in [0, 0.1) is 0 Å². The summed E-state index contributed by atoms with van der Waals surface area (Å²) in [6.07, 6.45) is 0. The molecule has 142 valence electrons. The number of oxime groups is 1. The lowest BCUT2D eigenvalue weighted by molar-refractivity contribution is 0.214. The fourth-order valence-electron chi connectivity index (χ4n) is 4.19. The van der Waals surface area contributed by atoms with Gasteiger partial charge in [0.05, 0.1) is 12.6 Å². The van der Waals surface area contributed by atoms with Crippen molar-refractivity contribution in [3.63, 3.8) is 0 Å². The number of aromatic nitrogens is 1. The minimum atomic E-state index is 0.802. The Morgan fingerprint density at radius 3 is 2.61 bits per heavy atom. The Morgan fingerprint density at radius 1 is 1.00 bits per heavy atom. The van der Waals surface area contributed by atoms with Gasteiger partial charge in [-0.05, 0) is 29.8 Å². The summed E-state index contributed by atoms with van der Waals surface area (Å²) in [5.74, 6) is 1.82. The van der Waals surface area contributed by atoms with Gasteiger partial charge in [-0.2, -0.15) is 0 Å². The van der Waals surface area contributed by atoms with Crippen molar-refractivity contribution in [2.24, 2.45) is 5.16 Å². The third-order valence-corrected chi connectivity index (χ3v) is 5.46. The molecule has 2 aliphatic rings. The van der Waals surface area contributed by atoms with Crippen LogP contribution < -0.4 is 15.0 Å². The van der Waals surface area contributed by atoms with Crippen LogP contribution in [0.2, 0.25) is 0 Å².